The van der Waals surface area contributed by atoms with Gasteiger partial charge >= 0.3 is 6.03 Å². The van der Waals surface area contributed by atoms with Gasteiger partial charge in [-0.25, -0.2) is 4.79 Å². The third-order valence-electron chi connectivity index (χ3n) is 5.93. The van der Waals surface area contributed by atoms with E-state index in [2.05, 4.69) is 34.9 Å². The van der Waals surface area contributed by atoms with Crippen molar-refractivity contribution in [2.24, 2.45) is 0 Å². The van der Waals surface area contributed by atoms with Crippen molar-refractivity contribution in [3.05, 3.63) is 89.6 Å². The number of carbonyl (C=O) groups is 3. The van der Waals surface area contributed by atoms with Crippen molar-refractivity contribution in [1.29, 1.82) is 0 Å². The van der Waals surface area contributed by atoms with Gasteiger partial charge in [-0.05, 0) is 34.5 Å². The quantitative estimate of drug-likeness (QED) is 0.365. The Balaban J connectivity index is 1.58. The van der Waals surface area contributed by atoms with Crippen LogP contribution in [0.1, 0.15) is 11.1 Å². The van der Waals surface area contributed by atoms with E-state index >= 15 is 0 Å². The summed E-state index contributed by atoms with van der Waals surface area (Å²) in [6.07, 6.45) is 3.53. The summed E-state index contributed by atoms with van der Waals surface area (Å²) in [5, 5.41) is 3.30. The average molecular weight is 423 g/mol. The van der Waals surface area contributed by atoms with E-state index in [1.54, 1.807) is 6.08 Å². The minimum Gasteiger partial charge on any atom is -0.342 e. The Bertz CT molecular complexity index is 1420. The minimum atomic E-state index is -0.629. The van der Waals surface area contributed by atoms with Crippen LogP contribution in [0.3, 0.4) is 0 Å². The van der Waals surface area contributed by atoms with Crippen LogP contribution in [0.5, 0.6) is 0 Å². The summed E-state index contributed by atoms with van der Waals surface area (Å²) in [4.78, 5) is 39.2. The van der Waals surface area contributed by atoms with Gasteiger partial charge in [0.25, 0.3) is 11.8 Å². The number of barbiturate groups is 1. The lowest BCUT2D eigenvalue weighted by Gasteiger charge is -2.28. The van der Waals surface area contributed by atoms with Gasteiger partial charge in [-0.1, -0.05) is 54.6 Å². The van der Waals surface area contributed by atoms with E-state index in [1.807, 2.05) is 42.6 Å². The Morgan fingerprint density at radius 2 is 1.44 bits per heavy atom. The molecule has 1 aliphatic heterocycles. The number of para-hydroxylation sites is 1. The first-order chi connectivity index (χ1) is 15.4. The molecular formula is C26H21N3O3. The van der Waals surface area contributed by atoms with E-state index in [0.29, 0.717) is 6.54 Å². The van der Waals surface area contributed by atoms with Gasteiger partial charge in [-0.3, -0.25) is 19.4 Å². The number of rotatable bonds is 3. The van der Waals surface area contributed by atoms with E-state index in [4.69, 9.17) is 0 Å². The lowest BCUT2D eigenvalue weighted by atomic mass is 10.1. The standard InChI is InChI=1S/C26H21N3O3/c1-27-24(30)22(25(31)28(2)26(27)32)14-20-16-29(23-10-6-5-9-21(20)23)15-17-11-12-18-7-3-4-8-19(18)13-17/h3-14,16H,15H2,1-2H3. The average Bonchev–Trinajstić information content (AvgIpc) is 3.16. The van der Waals surface area contributed by atoms with Crippen molar-refractivity contribution in [1.82, 2.24) is 14.4 Å². The number of hydrogen-bond donors (Lipinski definition) is 0. The molecule has 0 N–H and O–H groups in total. The molecule has 4 amide bonds. The van der Waals surface area contributed by atoms with Gasteiger partial charge < -0.3 is 4.57 Å². The number of likely N-dealkylation sites (N-methyl/N-ethyl adjacent to an activating group) is 2. The smallest absolute Gasteiger partial charge is 0.333 e. The van der Waals surface area contributed by atoms with Gasteiger partial charge in [0.2, 0.25) is 0 Å². The number of urea groups is 1. The zero-order valence-corrected chi connectivity index (χ0v) is 17.8. The second-order valence-electron chi connectivity index (χ2n) is 7.98. The molecule has 6 nitrogen and oxygen atoms in total. The Kier molecular flexibility index (Phi) is 4.63. The summed E-state index contributed by atoms with van der Waals surface area (Å²) in [6, 6.07) is 21.9. The van der Waals surface area contributed by atoms with E-state index in [-0.39, 0.29) is 5.57 Å². The topological polar surface area (TPSA) is 62.6 Å². The molecule has 6 heteroatoms. The molecule has 0 bridgehead atoms. The summed E-state index contributed by atoms with van der Waals surface area (Å²) in [6.45, 7) is 0.648. The maximum atomic E-state index is 12.6. The van der Waals surface area contributed by atoms with Crippen LogP contribution in [0.15, 0.2) is 78.5 Å². The fourth-order valence-corrected chi connectivity index (χ4v) is 4.19. The molecule has 4 aromatic rings. The van der Waals surface area contributed by atoms with Crippen LogP contribution < -0.4 is 0 Å². The van der Waals surface area contributed by atoms with E-state index in [0.717, 1.165) is 31.8 Å². The molecular weight excluding hydrogens is 402 g/mol. The Morgan fingerprint density at radius 3 is 2.19 bits per heavy atom. The van der Waals surface area contributed by atoms with E-state index in [9.17, 15) is 14.4 Å². The molecule has 32 heavy (non-hydrogen) atoms. The molecule has 0 radical (unpaired) electrons. The van der Waals surface area contributed by atoms with Crippen LogP contribution in [0, 0.1) is 0 Å². The van der Waals surface area contributed by atoms with Crippen LogP contribution in [-0.4, -0.2) is 46.3 Å². The lowest BCUT2D eigenvalue weighted by molar-refractivity contribution is -0.134. The molecule has 2 heterocycles. The summed E-state index contributed by atoms with van der Waals surface area (Å²) >= 11 is 0. The van der Waals surface area contributed by atoms with Gasteiger partial charge in [0, 0.05) is 43.3 Å². The predicted molar refractivity (Wildman–Crippen MR) is 124 cm³/mol. The number of benzene rings is 3. The normalized spacial score (nSPS) is 14.7. The number of fused-ring (bicyclic) bond motifs is 2. The highest BCUT2D eigenvalue weighted by atomic mass is 16.2. The number of nitrogens with zero attached hydrogens (tertiary/aromatic N) is 3. The first kappa shape index (κ1) is 19.8. The molecule has 5 rings (SSSR count). The predicted octanol–water partition coefficient (Wildman–Crippen LogP) is 4.28. The van der Waals surface area contributed by atoms with Crippen LogP contribution in [0.25, 0.3) is 27.8 Å². The molecule has 1 fully saturated rings. The lowest BCUT2D eigenvalue weighted by Crippen LogP contribution is -2.52. The summed E-state index contributed by atoms with van der Waals surface area (Å²) in [5.41, 5.74) is 2.89. The SMILES string of the molecule is CN1C(=O)C(=Cc2cn(Cc3ccc4ccccc4c3)c3ccccc23)C(=O)N(C)C1=O. The molecule has 0 aliphatic carbocycles. The van der Waals surface area contributed by atoms with Gasteiger partial charge in [0.1, 0.15) is 5.57 Å². The van der Waals surface area contributed by atoms with Crippen LogP contribution >= 0.6 is 0 Å². The maximum Gasteiger partial charge on any atom is 0.333 e. The molecule has 0 unspecified atom stereocenters. The van der Waals surface area contributed by atoms with Crippen molar-refractivity contribution < 1.29 is 14.4 Å². The molecule has 1 aliphatic rings. The number of amides is 4. The van der Waals surface area contributed by atoms with Crippen molar-refractivity contribution in [2.45, 2.75) is 6.54 Å². The third kappa shape index (κ3) is 3.17. The Morgan fingerprint density at radius 1 is 0.781 bits per heavy atom. The van der Waals surface area contributed by atoms with Gasteiger partial charge in [0.05, 0.1) is 0 Å². The number of imide groups is 2. The molecule has 1 saturated heterocycles. The minimum absolute atomic E-state index is 0.0248. The first-order valence-corrected chi connectivity index (χ1v) is 10.3. The monoisotopic (exact) mass is 423 g/mol. The highest BCUT2D eigenvalue weighted by Crippen LogP contribution is 2.27. The van der Waals surface area contributed by atoms with Crippen molar-refractivity contribution in [2.75, 3.05) is 14.1 Å². The Labute approximate surface area is 184 Å². The highest BCUT2D eigenvalue weighted by molar-refractivity contribution is 6.31. The molecule has 1 aromatic heterocycles. The van der Waals surface area contributed by atoms with Crippen LogP contribution in [-0.2, 0) is 16.1 Å². The fraction of sp³-hybridized carbons (Fsp3) is 0.115. The molecule has 3 aromatic carbocycles. The molecule has 0 saturated carbocycles. The first-order valence-electron chi connectivity index (χ1n) is 10.3. The van der Waals surface area contributed by atoms with E-state index in [1.165, 1.54) is 24.9 Å². The summed E-state index contributed by atoms with van der Waals surface area (Å²) < 4.78 is 2.11. The van der Waals surface area contributed by atoms with Gasteiger partial charge in [-0.2, -0.15) is 0 Å². The number of aromatic nitrogens is 1. The second kappa shape index (κ2) is 7.50. The van der Waals surface area contributed by atoms with E-state index < -0.39 is 17.8 Å². The fourth-order valence-electron chi connectivity index (χ4n) is 4.19. The third-order valence-corrected chi connectivity index (χ3v) is 5.93. The van der Waals surface area contributed by atoms with Crippen LogP contribution in [0.4, 0.5) is 4.79 Å². The number of hydrogen-bond acceptors (Lipinski definition) is 3. The number of carbonyl (C=O) groups excluding carboxylic acids is 3. The Hall–Kier alpha value is -4.19. The zero-order chi connectivity index (χ0) is 22.4. The molecule has 0 atom stereocenters. The highest BCUT2D eigenvalue weighted by Gasteiger charge is 2.37. The second-order valence-corrected chi connectivity index (χ2v) is 7.98. The summed E-state index contributed by atoms with van der Waals surface area (Å²) in [7, 11) is 2.76. The largest absolute Gasteiger partial charge is 0.342 e. The van der Waals surface area contributed by atoms with Crippen molar-refractivity contribution >= 4 is 45.6 Å². The maximum absolute atomic E-state index is 12.6. The van der Waals surface area contributed by atoms with Gasteiger partial charge in [0.15, 0.2) is 0 Å². The summed E-state index contributed by atoms with van der Waals surface area (Å²) in [5.74, 6) is -1.19. The molecule has 158 valence electrons. The van der Waals surface area contributed by atoms with Crippen molar-refractivity contribution in [3.8, 4) is 0 Å². The molecule has 0 spiro atoms. The van der Waals surface area contributed by atoms with Crippen molar-refractivity contribution in [3.63, 3.8) is 0 Å². The zero-order valence-electron chi connectivity index (χ0n) is 17.8. The van der Waals surface area contributed by atoms with Crippen LogP contribution in [0.2, 0.25) is 0 Å². The van der Waals surface area contributed by atoms with Gasteiger partial charge in [-0.15, -0.1) is 0 Å².